The Labute approximate surface area is 136 Å². The topological polar surface area (TPSA) is 46.9 Å². The zero-order valence-corrected chi connectivity index (χ0v) is 13.8. The van der Waals surface area contributed by atoms with Crippen LogP contribution in [0.4, 0.5) is 0 Å². The molecule has 0 aliphatic rings. The molecule has 1 aromatic carbocycles. The van der Waals surface area contributed by atoms with E-state index in [0.29, 0.717) is 17.1 Å². The fourth-order valence-corrected chi connectivity index (χ4v) is 2.30. The van der Waals surface area contributed by atoms with Crippen LogP contribution in [-0.4, -0.2) is 22.0 Å². The highest BCUT2D eigenvalue weighted by Crippen LogP contribution is 2.19. The van der Waals surface area contributed by atoms with E-state index in [-0.39, 0.29) is 5.91 Å². The van der Waals surface area contributed by atoms with Gasteiger partial charge in [-0.25, -0.2) is 4.98 Å². The Morgan fingerprint density at radius 3 is 2.95 bits per heavy atom. The predicted molar refractivity (Wildman–Crippen MR) is 88.0 cm³/mol. The lowest BCUT2D eigenvalue weighted by Gasteiger charge is -2.06. The van der Waals surface area contributed by atoms with Gasteiger partial charge < -0.3 is 9.88 Å². The van der Waals surface area contributed by atoms with Crippen LogP contribution in [0.5, 0.6) is 0 Å². The van der Waals surface area contributed by atoms with Gasteiger partial charge in [0.1, 0.15) is 0 Å². The molecule has 0 unspecified atom stereocenters. The number of amides is 1. The van der Waals surface area contributed by atoms with Gasteiger partial charge in [-0.2, -0.15) is 0 Å². The Kier molecular flexibility index (Phi) is 5.85. The summed E-state index contributed by atoms with van der Waals surface area (Å²) in [6, 6.07) is 5.33. The van der Waals surface area contributed by atoms with Crippen LogP contribution in [0.15, 0.2) is 36.9 Å². The van der Waals surface area contributed by atoms with Crippen molar-refractivity contribution in [3.63, 3.8) is 0 Å². The summed E-state index contributed by atoms with van der Waals surface area (Å²) < 4.78 is 2.97. The molecular weight excluding hydrogens is 389 g/mol. The molecule has 0 saturated carbocycles. The SMILES string of the molecule is O=C(NCCCCn1ccnc1)c1ccc(I)c(Cl)c1. The first-order chi connectivity index (χ1) is 9.66. The molecule has 0 aliphatic heterocycles. The normalized spacial score (nSPS) is 10.5. The van der Waals surface area contributed by atoms with Gasteiger partial charge in [0.05, 0.1) is 11.3 Å². The van der Waals surface area contributed by atoms with E-state index in [1.165, 1.54) is 0 Å². The average Bonchev–Trinajstić information content (AvgIpc) is 2.94. The van der Waals surface area contributed by atoms with Crippen molar-refractivity contribution in [2.75, 3.05) is 6.54 Å². The molecule has 2 rings (SSSR count). The Balaban J connectivity index is 1.70. The third-order valence-electron chi connectivity index (χ3n) is 2.87. The molecule has 0 saturated heterocycles. The van der Waals surface area contributed by atoms with Crippen LogP contribution in [-0.2, 0) is 6.54 Å². The molecule has 0 radical (unpaired) electrons. The summed E-state index contributed by atoms with van der Waals surface area (Å²) in [5, 5.41) is 3.51. The number of unbranched alkanes of at least 4 members (excludes halogenated alkanes) is 1. The highest BCUT2D eigenvalue weighted by atomic mass is 127. The summed E-state index contributed by atoms with van der Waals surface area (Å²) in [4.78, 5) is 15.9. The van der Waals surface area contributed by atoms with Crippen molar-refractivity contribution in [1.29, 1.82) is 0 Å². The minimum atomic E-state index is -0.0778. The molecule has 1 N–H and O–H groups in total. The number of carbonyl (C=O) groups excluding carboxylic acids is 1. The van der Waals surface area contributed by atoms with E-state index in [1.54, 1.807) is 24.7 Å². The Morgan fingerprint density at radius 1 is 1.40 bits per heavy atom. The molecule has 0 aliphatic carbocycles. The second-order valence-electron chi connectivity index (χ2n) is 4.39. The van der Waals surface area contributed by atoms with Gasteiger partial charge in [0, 0.05) is 34.6 Å². The van der Waals surface area contributed by atoms with Gasteiger partial charge in [-0.05, 0) is 53.6 Å². The molecule has 2 aromatic rings. The summed E-state index contributed by atoms with van der Waals surface area (Å²) in [5.41, 5.74) is 0.602. The second-order valence-corrected chi connectivity index (χ2v) is 5.96. The smallest absolute Gasteiger partial charge is 0.251 e. The Bertz CT molecular complexity index is 572. The van der Waals surface area contributed by atoms with E-state index in [1.807, 2.05) is 16.8 Å². The van der Waals surface area contributed by atoms with Crippen molar-refractivity contribution in [2.24, 2.45) is 0 Å². The van der Waals surface area contributed by atoms with Gasteiger partial charge in [-0.15, -0.1) is 0 Å². The van der Waals surface area contributed by atoms with E-state index < -0.39 is 0 Å². The Morgan fingerprint density at radius 2 is 2.25 bits per heavy atom. The maximum absolute atomic E-state index is 11.9. The zero-order chi connectivity index (χ0) is 14.4. The molecule has 0 spiro atoms. The number of rotatable bonds is 6. The van der Waals surface area contributed by atoms with Crippen LogP contribution in [0.3, 0.4) is 0 Å². The van der Waals surface area contributed by atoms with Gasteiger partial charge >= 0.3 is 0 Å². The zero-order valence-electron chi connectivity index (χ0n) is 10.9. The number of aromatic nitrogens is 2. The predicted octanol–water partition coefficient (Wildman–Crippen LogP) is 3.35. The van der Waals surface area contributed by atoms with Crippen LogP contribution in [0.25, 0.3) is 0 Å². The van der Waals surface area contributed by atoms with Crippen LogP contribution in [0.1, 0.15) is 23.2 Å². The molecule has 106 valence electrons. The monoisotopic (exact) mass is 403 g/mol. The molecule has 1 amide bonds. The lowest BCUT2D eigenvalue weighted by atomic mass is 10.2. The summed E-state index contributed by atoms with van der Waals surface area (Å²) in [5.74, 6) is -0.0778. The molecule has 6 heteroatoms. The number of nitrogens with zero attached hydrogens (tertiary/aromatic N) is 2. The summed E-state index contributed by atoms with van der Waals surface area (Å²) in [7, 11) is 0. The summed E-state index contributed by atoms with van der Waals surface area (Å²) in [6.45, 7) is 1.59. The van der Waals surface area contributed by atoms with Crippen molar-refractivity contribution < 1.29 is 4.79 Å². The van der Waals surface area contributed by atoms with Crippen molar-refractivity contribution in [2.45, 2.75) is 19.4 Å². The molecule has 20 heavy (non-hydrogen) atoms. The minimum Gasteiger partial charge on any atom is -0.352 e. The largest absolute Gasteiger partial charge is 0.352 e. The number of hydrogen-bond donors (Lipinski definition) is 1. The summed E-state index contributed by atoms with van der Waals surface area (Å²) in [6.07, 6.45) is 7.44. The van der Waals surface area contributed by atoms with Crippen molar-refractivity contribution in [1.82, 2.24) is 14.9 Å². The molecule has 4 nitrogen and oxygen atoms in total. The highest BCUT2D eigenvalue weighted by molar-refractivity contribution is 14.1. The van der Waals surface area contributed by atoms with Crippen LogP contribution in [0.2, 0.25) is 5.02 Å². The van der Waals surface area contributed by atoms with Crippen molar-refractivity contribution in [3.05, 3.63) is 51.1 Å². The molecule has 0 atom stereocenters. The molecule has 0 fully saturated rings. The fourth-order valence-electron chi connectivity index (χ4n) is 1.78. The van der Waals surface area contributed by atoms with Crippen LogP contribution < -0.4 is 5.32 Å². The van der Waals surface area contributed by atoms with E-state index in [0.717, 1.165) is 23.0 Å². The standard InChI is InChI=1S/C14H15ClIN3O/c15-12-9-11(3-4-13(12)16)14(20)18-5-1-2-7-19-8-6-17-10-19/h3-4,6,8-10H,1-2,5,7H2,(H,18,20). The quantitative estimate of drug-likeness (QED) is 0.594. The number of imidazole rings is 1. The number of nitrogens with one attached hydrogen (secondary N) is 1. The minimum absolute atomic E-state index is 0.0778. The maximum Gasteiger partial charge on any atom is 0.251 e. The molecule has 0 bridgehead atoms. The van der Waals surface area contributed by atoms with E-state index in [2.05, 4.69) is 32.9 Å². The summed E-state index contributed by atoms with van der Waals surface area (Å²) >= 11 is 8.14. The number of halogens is 2. The molecule has 1 heterocycles. The van der Waals surface area contributed by atoms with Crippen molar-refractivity contribution in [3.8, 4) is 0 Å². The van der Waals surface area contributed by atoms with Gasteiger partial charge in [0.2, 0.25) is 0 Å². The number of aryl methyl sites for hydroxylation is 1. The second kappa shape index (κ2) is 7.64. The van der Waals surface area contributed by atoms with Gasteiger partial charge in [-0.3, -0.25) is 4.79 Å². The third-order valence-corrected chi connectivity index (χ3v) is 4.44. The number of carbonyl (C=O) groups is 1. The first-order valence-corrected chi connectivity index (χ1v) is 7.81. The fraction of sp³-hybridized carbons (Fsp3) is 0.286. The van der Waals surface area contributed by atoms with E-state index in [4.69, 9.17) is 11.6 Å². The lowest BCUT2D eigenvalue weighted by Crippen LogP contribution is -2.24. The lowest BCUT2D eigenvalue weighted by molar-refractivity contribution is 0.0953. The van der Waals surface area contributed by atoms with E-state index in [9.17, 15) is 4.79 Å². The first-order valence-electron chi connectivity index (χ1n) is 6.36. The van der Waals surface area contributed by atoms with Gasteiger partial charge in [0.15, 0.2) is 0 Å². The van der Waals surface area contributed by atoms with Crippen LogP contribution in [0, 0.1) is 3.57 Å². The number of benzene rings is 1. The Hall–Kier alpha value is -1.08. The van der Waals surface area contributed by atoms with Gasteiger partial charge in [-0.1, -0.05) is 11.6 Å². The van der Waals surface area contributed by atoms with Gasteiger partial charge in [0.25, 0.3) is 5.91 Å². The third kappa shape index (κ3) is 4.49. The first kappa shape index (κ1) is 15.3. The molecule has 1 aromatic heterocycles. The highest BCUT2D eigenvalue weighted by Gasteiger charge is 2.06. The average molecular weight is 404 g/mol. The van der Waals surface area contributed by atoms with E-state index >= 15 is 0 Å². The molecular formula is C14H15ClIN3O. The van der Waals surface area contributed by atoms with Crippen molar-refractivity contribution >= 4 is 40.1 Å². The maximum atomic E-state index is 11.9. The van der Waals surface area contributed by atoms with Crippen LogP contribution >= 0.6 is 34.2 Å². The number of hydrogen-bond acceptors (Lipinski definition) is 2.